The lowest BCUT2D eigenvalue weighted by atomic mass is 9.94. The largest absolute Gasteiger partial charge is 0.321 e. The number of fused-ring (bicyclic) bond motifs is 3. The van der Waals surface area contributed by atoms with E-state index in [4.69, 9.17) is 0 Å². The number of rotatable bonds is 3. The summed E-state index contributed by atoms with van der Waals surface area (Å²) in [4.78, 5) is 27.9. The number of halogens is 2. The van der Waals surface area contributed by atoms with Crippen LogP contribution >= 0.6 is 0 Å². The summed E-state index contributed by atoms with van der Waals surface area (Å²) in [7, 11) is 0. The van der Waals surface area contributed by atoms with Crippen LogP contribution in [0.5, 0.6) is 0 Å². The van der Waals surface area contributed by atoms with E-state index < -0.39 is 23.1 Å². The molecule has 1 aliphatic heterocycles. The van der Waals surface area contributed by atoms with Gasteiger partial charge in [-0.25, -0.2) is 13.3 Å². The molecule has 1 aliphatic rings. The topological polar surface area (TPSA) is 91.3 Å². The molecule has 2 aromatic carbocycles. The van der Waals surface area contributed by atoms with Crippen LogP contribution in [0.15, 0.2) is 47.3 Å². The maximum Gasteiger partial charge on any atom is 0.258 e. The van der Waals surface area contributed by atoms with Gasteiger partial charge in [0.25, 0.3) is 11.5 Å². The monoisotopic (exact) mass is 423 g/mol. The van der Waals surface area contributed by atoms with Gasteiger partial charge < -0.3 is 15.6 Å². The number of carbonyl (C=O) groups excluding carboxylic acids is 1. The zero-order valence-corrected chi connectivity index (χ0v) is 16.4. The minimum Gasteiger partial charge on any atom is -0.321 e. The summed E-state index contributed by atoms with van der Waals surface area (Å²) in [5.41, 5.74) is 1.50. The Morgan fingerprint density at radius 2 is 1.94 bits per heavy atom. The molecule has 0 radical (unpaired) electrons. The Balaban J connectivity index is 1.64. The van der Waals surface area contributed by atoms with E-state index in [2.05, 4.69) is 20.7 Å². The molecule has 3 N–H and O–H groups in total. The fourth-order valence-corrected chi connectivity index (χ4v) is 4.16. The number of hydrogen-bond donors (Lipinski definition) is 3. The molecule has 1 saturated heterocycles. The molecule has 0 bridgehead atoms. The second-order valence-electron chi connectivity index (χ2n) is 7.62. The first-order chi connectivity index (χ1) is 15.0. The van der Waals surface area contributed by atoms with Crippen molar-refractivity contribution in [2.45, 2.75) is 18.8 Å². The van der Waals surface area contributed by atoms with E-state index in [0.717, 1.165) is 49.8 Å². The van der Waals surface area contributed by atoms with Crippen molar-refractivity contribution in [2.24, 2.45) is 0 Å². The normalized spacial score (nSPS) is 14.9. The predicted octanol–water partition coefficient (Wildman–Crippen LogP) is 3.17. The summed E-state index contributed by atoms with van der Waals surface area (Å²) in [5, 5.41) is 11.1. The molecule has 1 fully saturated rings. The molecule has 0 atom stereocenters. The summed E-state index contributed by atoms with van der Waals surface area (Å²) in [6.45, 7) is 1.72. The molecule has 0 aliphatic carbocycles. The van der Waals surface area contributed by atoms with E-state index in [1.165, 1.54) is 0 Å². The van der Waals surface area contributed by atoms with Crippen LogP contribution in [-0.2, 0) is 0 Å². The molecule has 2 aromatic heterocycles. The molecular weight excluding hydrogens is 404 g/mol. The van der Waals surface area contributed by atoms with Crippen molar-refractivity contribution in [3.05, 3.63) is 75.7 Å². The quantitative estimate of drug-likeness (QED) is 0.472. The zero-order valence-electron chi connectivity index (χ0n) is 16.4. The molecule has 5 rings (SSSR count). The van der Waals surface area contributed by atoms with Gasteiger partial charge in [-0.3, -0.25) is 9.59 Å². The highest BCUT2D eigenvalue weighted by Gasteiger charge is 2.22. The first-order valence-corrected chi connectivity index (χ1v) is 10.0. The van der Waals surface area contributed by atoms with Gasteiger partial charge in [0.2, 0.25) is 0 Å². The van der Waals surface area contributed by atoms with Gasteiger partial charge in [0.1, 0.15) is 17.3 Å². The lowest BCUT2D eigenvalue weighted by molar-refractivity contribution is 0.102. The van der Waals surface area contributed by atoms with Crippen molar-refractivity contribution >= 4 is 28.1 Å². The fourth-order valence-electron chi connectivity index (χ4n) is 4.16. The summed E-state index contributed by atoms with van der Waals surface area (Å²) in [5.74, 6) is -2.15. The molecule has 7 nitrogen and oxygen atoms in total. The summed E-state index contributed by atoms with van der Waals surface area (Å²) in [6.07, 6.45) is 1.77. The number of H-pyrrole nitrogens is 1. The molecule has 0 unspecified atom stereocenters. The number of nitrogens with one attached hydrogen (secondary N) is 3. The Kier molecular flexibility index (Phi) is 4.74. The van der Waals surface area contributed by atoms with Crippen molar-refractivity contribution in [1.82, 2.24) is 19.9 Å². The predicted molar refractivity (Wildman–Crippen MR) is 112 cm³/mol. The lowest BCUT2D eigenvalue weighted by Gasteiger charge is -2.23. The standard InChI is InChI=1S/C22H19F2N5O2/c23-13-4-5-15(24)14(10-13)22(31)26-16-2-1-3-17-20(16)21-27-19(30)11-18(29(21)28-17)12-6-8-25-9-7-12/h1-5,10-12,25H,6-9H2,(H,26,31)(H,27,30). The third-order valence-electron chi connectivity index (χ3n) is 5.64. The lowest BCUT2D eigenvalue weighted by Crippen LogP contribution is -2.28. The minimum atomic E-state index is -0.826. The van der Waals surface area contributed by atoms with Crippen LogP contribution in [-0.4, -0.2) is 33.6 Å². The van der Waals surface area contributed by atoms with E-state index in [-0.39, 0.29) is 11.5 Å². The van der Waals surface area contributed by atoms with Crippen LogP contribution in [0.2, 0.25) is 0 Å². The van der Waals surface area contributed by atoms with Gasteiger partial charge >= 0.3 is 0 Å². The van der Waals surface area contributed by atoms with Crippen LogP contribution < -0.4 is 16.2 Å². The second-order valence-corrected chi connectivity index (χ2v) is 7.62. The fraction of sp³-hybridized carbons (Fsp3) is 0.227. The molecule has 0 saturated carbocycles. The number of anilines is 1. The van der Waals surface area contributed by atoms with Crippen LogP contribution in [0, 0.1) is 11.6 Å². The Labute approximate surface area is 175 Å². The van der Waals surface area contributed by atoms with Gasteiger partial charge in [0.05, 0.1) is 27.8 Å². The SMILES string of the molecule is O=C(Nc1cccc2nn3c(C4CCNCC4)cc(=O)[nH]c3c12)c1cc(F)ccc1F. The number of piperidine rings is 1. The molecule has 158 valence electrons. The molecule has 1 amide bonds. The zero-order chi connectivity index (χ0) is 21.5. The number of benzene rings is 2. The highest BCUT2D eigenvalue weighted by Crippen LogP contribution is 2.30. The van der Waals surface area contributed by atoms with Crippen LogP contribution in [0.1, 0.15) is 34.8 Å². The number of nitrogens with zero attached hydrogens (tertiary/aromatic N) is 2. The molecule has 0 spiro atoms. The average molecular weight is 423 g/mol. The van der Waals surface area contributed by atoms with E-state index in [9.17, 15) is 18.4 Å². The highest BCUT2D eigenvalue weighted by molar-refractivity contribution is 6.12. The van der Waals surface area contributed by atoms with Crippen LogP contribution in [0.25, 0.3) is 16.6 Å². The van der Waals surface area contributed by atoms with E-state index in [1.807, 2.05) is 0 Å². The van der Waals surface area contributed by atoms with Gasteiger partial charge in [-0.05, 0) is 56.3 Å². The summed E-state index contributed by atoms with van der Waals surface area (Å²) < 4.78 is 29.3. The van der Waals surface area contributed by atoms with Gasteiger partial charge in [-0.1, -0.05) is 6.07 Å². The Bertz CT molecular complexity index is 1370. The van der Waals surface area contributed by atoms with Crippen molar-refractivity contribution in [2.75, 3.05) is 18.4 Å². The van der Waals surface area contributed by atoms with E-state index in [0.29, 0.717) is 22.2 Å². The number of hydrogen-bond acceptors (Lipinski definition) is 4. The van der Waals surface area contributed by atoms with Crippen molar-refractivity contribution in [1.29, 1.82) is 0 Å². The number of aromatic amines is 1. The second kappa shape index (κ2) is 7.59. The Morgan fingerprint density at radius 3 is 2.74 bits per heavy atom. The smallest absolute Gasteiger partial charge is 0.258 e. The number of aromatic nitrogens is 3. The number of amides is 1. The van der Waals surface area contributed by atoms with Crippen LogP contribution in [0.4, 0.5) is 14.5 Å². The first kappa shape index (κ1) is 19.4. The summed E-state index contributed by atoms with van der Waals surface area (Å²) >= 11 is 0. The molecule has 3 heterocycles. The Hall–Kier alpha value is -3.59. The molecular formula is C22H19F2N5O2. The molecule has 31 heavy (non-hydrogen) atoms. The Morgan fingerprint density at radius 1 is 1.13 bits per heavy atom. The number of carbonyl (C=O) groups is 1. The maximum atomic E-state index is 14.0. The minimum absolute atomic E-state index is 0.180. The van der Waals surface area contributed by atoms with Gasteiger partial charge in [0, 0.05) is 12.0 Å². The highest BCUT2D eigenvalue weighted by atomic mass is 19.1. The average Bonchev–Trinajstić information content (AvgIpc) is 3.14. The van der Waals surface area contributed by atoms with Gasteiger partial charge in [-0.15, -0.1) is 0 Å². The first-order valence-electron chi connectivity index (χ1n) is 10.0. The van der Waals surface area contributed by atoms with Gasteiger partial charge in [0.15, 0.2) is 0 Å². The van der Waals surface area contributed by atoms with Gasteiger partial charge in [-0.2, -0.15) is 5.10 Å². The van der Waals surface area contributed by atoms with Crippen LogP contribution in [0.3, 0.4) is 0 Å². The molecule has 4 aromatic rings. The van der Waals surface area contributed by atoms with E-state index in [1.54, 1.807) is 28.8 Å². The third-order valence-corrected chi connectivity index (χ3v) is 5.64. The molecule has 9 heteroatoms. The van der Waals surface area contributed by atoms with Crippen molar-refractivity contribution in [3.63, 3.8) is 0 Å². The maximum absolute atomic E-state index is 14.0. The van der Waals surface area contributed by atoms with Crippen molar-refractivity contribution < 1.29 is 13.6 Å². The van der Waals surface area contributed by atoms with E-state index >= 15 is 0 Å². The summed E-state index contributed by atoms with van der Waals surface area (Å²) in [6, 6.07) is 9.37. The third kappa shape index (κ3) is 3.46. The van der Waals surface area contributed by atoms with Crippen molar-refractivity contribution in [3.8, 4) is 0 Å².